The van der Waals surface area contributed by atoms with E-state index in [-0.39, 0.29) is 5.91 Å². The average molecular weight is 324 g/mol. The SMILES string of the molecule is Cc1ccc(NC(=O)c2cc(C)c(Br)s2)c(C)c1. The summed E-state index contributed by atoms with van der Waals surface area (Å²) in [6.45, 7) is 6.02. The number of anilines is 1. The minimum atomic E-state index is -0.0549. The molecule has 1 amide bonds. The Kier molecular flexibility index (Phi) is 3.88. The summed E-state index contributed by atoms with van der Waals surface area (Å²) in [5.74, 6) is -0.0549. The highest BCUT2D eigenvalue weighted by atomic mass is 79.9. The van der Waals surface area contributed by atoms with Gasteiger partial charge in [0.15, 0.2) is 0 Å². The topological polar surface area (TPSA) is 29.1 Å². The highest BCUT2D eigenvalue weighted by Crippen LogP contribution is 2.28. The maximum Gasteiger partial charge on any atom is 0.265 e. The first kappa shape index (κ1) is 13.3. The van der Waals surface area contributed by atoms with Crippen molar-refractivity contribution < 1.29 is 4.79 Å². The van der Waals surface area contributed by atoms with Crippen molar-refractivity contribution >= 4 is 38.9 Å². The molecule has 0 aliphatic rings. The number of hydrogen-bond donors (Lipinski definition) is 1. The first-order chi connectivity index (χ1) is 8.47. The van der Waals surface area contributed by atoms with Crippen LogP contribution in [0.3, 0.4) is 0 Å². The number of carbonyl (C=O) groups excluding carboxylic acids is 1. The van der Waals surface area contributed by atoms with E-state index in [9.17, 15) is 4.79 Å². The van der Waals surface area contributed by atoms with E-state index in [0.29, 0.717) is 0 Å². The van der Waals surface area contributed by atoms with Crippen molar-refractivity contribution in [2.24, 2.45) is 0 Å². The third kappa shape index (κ3) is 2.82. The van der Waals surface area contributed by atoms with Crippen LogP contribution < -0.4 is 5.32 Å². The van der Waals surface area contributed by atoms with Gasteiger partial charge < -0.3 is 5.32 Å². The summed E-state index contributed by atoms with van der Waals surface area (Å²) in [6.07, 6.45) is 0. The molecule has 18 heavy (non-hydrogen) atoms. The molecule has 4 heteroatoms. The number of aryl methyl sites for hydroxylation is 3. The van der Waals surface area contributed by atoms with E-state index in [4.69, 9.17) is 0 Å². The highest BCUT2D eigenvalue weighted by molar-refractivity contribution is 9.11. The summed E-state index contributed by atoms with van der Waals surface area (Å²) in [4.78, 5) is 12.8. The largest absolute Gasteiger partial charge is 0.321 e. The number of nitrogens with one attached hydrogen (secondary N) is 1. The Morgan fingerprint density at radius 1 is 1.17 bits per heavy atom. The molecule has 0 saturated carbocycles. The number of benzene rings is 1. The first-order valence-corrected chi connectivity index (χ1v) is 7.23. The Morgan fingerprint density at radius 2 is 1.89 bits per heavy atom. The van der Waals surface area contributed by atoms with Crippen LogP contribution in [0.1, 0.15) is 26.4 Å². The van der Waals surface area contributed by atoms with Gasteiger partial charge in [-0.2, -0.15) is 0 Å². The summed E-state index contributed by atoms with van der Waals surface area (Å²) >= 11 is 4.89. The van der Waals surface area contributed by atoms with Crippen molar-refractivity contribution in [3.63, 3.8) is 0 Å². The molecule has 0 aliphatic heterocycles. The maximum absolute atomic E-state index is 12.1. The number of hydrogen-bond acceptors (Lipinski definition) is 2. The molecular formula is C14H14BrNOS. The molecule has 0 saturated heterocycles. The van der Waals surface area contributed by atoms with Crippen molar-refractivity contribution in [3.8, 4) is 0 Å². The monoisotopic (exact) mass is 323 g/mol. The maximum atomic E-state index is 12.1. The second-order valence-electron chi connectivity index (χ2n) is 4.34. The minimum absolute atomic E-state index is 0.0549. The van der Waals surface area contributed by atoms with Gasteiger partial charge in [-0.25, -0.2) is 0 Å². The molecule has 2 aromatic rings. The standard InChI is InChI=1S/C14H14BrNOS/c1-8-4-5-11(9(2)6-8)16-14(17)12-7-10(3)13(15)18-12/h4-7H,1-3H3,(H,16,17). The van der Waals surface area contributed by atoms with Crippen LogP contribution in [-0.2, 0) is 0 Å². The minimum Gasteiger partial charge on any atom is -0.321 e. The Labute approximate surface area is 119 Å². The summed E-state index contributed by atoms with van der Waals surface area (Å²) in [5, 5.41) is 2.94. The second-order valence-corrected chi connectivity index (χ2v) is 6.71. The van der Waals surface area contributed by atoms with Gasteiger partial charge in [-0.05, 0) is 60.0 Å². The summed E-state index contributed by atoms with van der Waals surface area (Å²) < 4.78 is 1.01. The number of rotatable bonds is 2. The van der Waals surface area contributed by atoms with Gasteiger partial charge in [-0.3, -0.25) is 4.79 Å². The lowest BCUT2D eigenvalue weighted by Crippen LogP contribution is -2.11. The zero-order chi connectivity index (χ0) is 13.3. The molecule has 0 bridgehead atoms. The smallest absolute Gasteiger partial charge is 0.265 e. The van der Waals surface area contributed by atoms with E-state index >= 15 is 0 Å². The van der Waals surface area contributed by atoms with Crippen molar-refractivity contribution in [1.29, 1.82) is 0 Å². The number of halogens is 1. The van der Waals surface area contributed by atoms with E-state index in [1.807, 2.05) is 39.0 Å². The van der Waals surface area contributed by atoms with Gasteiger partial charge in [0.1, 0.15) is 0 Å². The van der Waals surface area contributed by atoms with Gasteiger partial charge in [-0.15, -0.1) is 11.3 Å². The molecule has 94 valence electrons. The lowest BCUT2D eigenvalue weighted by molar-refractivity contribution is 0.103. The van der Waals surface area contributed by atoms with E-state index in [1.165, 1.54) is 16.9 Å². The molecule has 2 nitrogen and oxygen atoms in total. The van der Waals surface area contributed by atoms with Gasteiger partial charge in [0.05, 0.1) is 8.66 Å². The van der Waals surface area contributed by atoms with E-state index in [1.54, 1.807) is 0 Å². The molecular weight excluding hydrogens is 310 g/mol. The molecule has 1 heterocycles. The van der Waals surface area contributed by atoms with Gasteiger partial charge in [-0.1, -0.05) is 17.7 Å². The van der Waals surface area contributed by atoms with Crippen molar-refractivity contribution in [2.75, 3.05) is 5.32 Å². The molecule has 1 N–H and O–H groups in total. The van der Waals surface area contributed by atoms with E-state index < -0.39 is 0 Å². The Bertz CT molecular complexity index is 584. The molecule has 2 rings (SSSR count). The first-order valence-electron chi connectivity index (χ1n) is 5.62. The van der Waals surface area contributed by atoms with Crippen LogP contribution >= 0.6 is 27.3 Å². The predicted molar refractivity (Wildman–Crippen MR) is 80.6 cm³/mol. The molecule has 1 aromatic heterocycles. The zero-order valence-electron chi connectivity index (χ0n) is 10.5. The lowest BCUT2D eigenvalue weighted by atomic mass is 10.1. The van der Waals surface area contributed by atoms with Crippen LogP contribution in [0.25, 0.3) is 0 Å². The van der Waals surface area contributed by atoms with Crippen LogP contribution in [-0.4, -0.2) is 5.91 Å². The second kappa shape index (κ2) is 5.24. The van der Waals surface area contributed by atoms with Gasteiger partial charge >= 0.3 is 0 Å². The fourth-order valence-corrected chi connectivity index (χ4v) is 3.14. The number of thiophene rings is 1. The molecule has 0 spiro atoms. The summed E-state index contributed by atoms with van der Waals surface area (Å²) in [5.41, 5.74) is 4.23. The Hall–Kier alpha value is -1.13. The average Bonchev–Trinajstić information content (AvgIpc) is 2.63. The quantitative estimate of drug-likeness (QED) is 0.853. The Balaban J connectivity index is 2.21. The van der Waals surface area contributed by atoms with Crippen molar-refractivity contribution in [1.82, 2.24) is 0 Å². The molecule has 0 radical (unpaired) electrons. The predicted octanol–water partition coefficient (Wildman–Crippen LogP) is 4.69. The third-order valence-corrected chi connectivity index (χ3v) is 4.85. The number of amides is 1. The molecule has 0 aliphatic carbocycles. The van der Waals surface area contributed by atoms with Crippen LogP contribution in [0.5, 0.6) is 0 Å². The summed E-state index contributed by atoms with van der Waals surface area (Å²) in [6, 6.07) is 7.90. The molecule has 0 fully saturated rings. The zero-order valence-corrected chi connectivity index (χ0v) is 12.9. The molecule has 1 aromatic carbocycles. The molecule has 0 unspecified atom stereocenters. The van der Waals surface area contributed by atoms with E-state index in [0.717, 1.165) is 25.5 Å². The van der Waals surface area contributed by atoms with E-state index in [2.05, 4.69) is 27.3 Å². The Morgan fingerprint density at radius 3 is 2.44 bits per heavy atom. The van der Waals surface area contributed by atoms with Crippen LogP contribution in [0.4, 0.5) is 5.69 Å². The van der Waals surface area contributed by atoms with Crippen molar-refractivity contribution in [2.45, 2.75) is 20.8 Å². The van der Waals surface area contributed by atoms with Crippen LogP contribution in [0, 0.1) is 20.8 Å². The van der Waals surface area contributed by atoms with Gasteiger partial charge in [0.25, 0.3) is 5.91 Å². The summed E-state index contributed by atoms with van der Waals surface area (Å²) in [7, 11) is 0. The highest BCUT2D eigenvalue weighted by Gasteiger charge is 2.12. The normalized spacial score (nSPS) is 10.4. The lowest BCUT2D eigenvalue weighted by Gasteiger charge is -2.07. The fraction of sp³-hybridized carbons (Fsp3) is 0.214. The van der Waals surface area contributed by atoms with Gasteiger partial charge in [0, 0.05) is 5.69 Å². The third-order valence-electron chi connectivity index (χ3n) is 2.71. The number of carbonyl (C=O) groups is 1. The fourth-order valence-electron chi connectivity index (χ4n) is 1.71. The van der Waals surface area contributed by atoms with Crippen LogP contribution in [0.15, 0.2) is 28.1 Å². The van der Waals surface area contributed by atoms with Crippen LogP contribution in [0.2, 0.25) is 0 Å². The molecule has 0 atom stereocenters. The van der Waals surface area contributed by atoms with Gasteiger partial charge in [0.2, 0.25) is 0 Å². The van der Waals surface area contributed by atoms with Crippen molar-refractivity contribution in [3.05, 3.63) is 49.6 Å².